The standard InChI is InChI=1S/C18H24N4OS/c23-18(20-11-16-13-24-14-16)21-12-17-19-8-10-22(17)9-4-7-15-5-2-1-3-6-15/h1-3,5-6,8,10,16H,4,7,9,11-14H2,(H2,20,21,23). The predicted molar refractivity (Wildman–Crippen MR) is 98.0 cm³/mol. The summed E-state index contributed by atoms with van der Waals surface area (Å²) < 4.78 is 2.12. The Kier molecular flexibility index (Phi) is 6.18. The number of rotatable bonds is 8. The van der Waals surface area contributed by atoms with Crippen LogP contribution in [0.4, 0.5) is 4.79 Å². The molecule has 2 heterocycles. The van der Waals surface area contributed by atoms with Gasteiger partial charge in [0.15, 0.2) is 0 Å². The van der Waals surface area contributed by atoms with Crippen molar-refractivity contribution < 1.29 is 4.79 Å². The van der Waals surface area contributed by atoms with Gasteiger partial charge >= 0.3 is 6.03 Å². The molecular formula is C18H24N4OS. The number of urea groups is 1. The van der Waals surface area contributed by atoms with E-state index in [0.29, 0.717) is 12.5 Å². The molecule has 1 aliphatic heterocycles. The second-order valence-electron chi connectivity index (χ2n) is 6.09. The first-order valence-electron chi connectivity index (χ1n) is 8.44. The number of amides is 2. The Balaban J connectivity index is 1.38. The van der Waals surface area contributed by atoms with E-state index < -0.39 is 0 Å². The number of benzene rings is 1. The van der Waals surface area contributed by atoms with Crippen molar-refractivity contribution in [3.63, 3.8) is 0 Å². The number of carbonyl (C=O) groups is 1. The number of carbonyl (C=O) groups excluding carboxylic acids is 1. The van der Waals surface area contributed by atoms with Gasteiger partial charge in [0.2, 0.25) is 0 Å². The molecule has 5 nitrogen and oxygen atoms in total. The van der Waals surface area contributed by atoms with Gasteiger partial charge in [-0.1, -0.05) is 30.3 Å². The third-order valence-electron chi connectivity index (χ3n) is 4.17. The lowest BCUT2D eigenvalue weighted by Gasteiger charge is -2.24. The maximum absolute atomic E-state index is 11.8. The van der Waals surface area contributed by atoms with E-state index in [-0.39, 0.29) is 6.03 Å². The van der Waals surface area contributed by atoms with E-state index in [0.717, 1.165) is 43.3 Å². The number of aryl methyl sites for hydroxylation is 2. The zero-order chi connectivity index (χ0) is 16.6. The number of thioether (sulfide) groups is 1. The Labute approximate surface area is 147 Å². The molecule has 3 rings (SSSR count). The van der Waals surface area contributed by atoms with Crippen molar-refractivity contribution >= 4 is 17.8 Å². The monoisotopic (exact) mass is 344 g/mol. The van der Waals surface area contributed by atoms with E-state index in [9.17, 15) is 4.79 Å². The molecule has 128 valence electrons. The number of nitrogens with zero attached hydrogens (tertiary/aromatic N) is 2. The molecule has 2 amide bonds. The van der Waals surface area contributed by atoms with Crippen LogP contribution in [0, 0.1) is 5.92 Å². The van der Waals surface area contributed by atoms with Crippen LogP contribution in [0.25, 0.3) is 0 Å². The van der Waals surface area contributed by atoms with Gasteiger partial charge in [0.1, 0.15) is 5.82 Å². The highest BCUT2D eigenvalue weighted by molar-refractivity contribution is 8.00. The zero-order valence-electron chi connectivity index (χ0n) is 13.8. The van der Waals surface area contributed by atoms with Crippen molar-refractivity contribution in [3.05, 3.63) is 54.1 Å². The highest BCUT2D eigenvalue weighted by Gasteiger charge is 2.18. The summed E-state index contributed by atoms with van der Waals surface area (Å²) in [7, 11) is 0. The average molecular weight is 344 g/mol. The summed E-state index contributed by atoms with van der Waals surface area (Å²) in [5, 5.41) is 5.83. The number of nitrogens with one attached hydrogen (secondary N) is 2. The van der Waals surface area contributed by atoms with Crippen LogP contribution in [-0.4, -0.2) is 33.6 Å². The van der Waals surface area contributed by atoms with E-state index in [1.165, 1.54) is 5.56 Å². The fraction of sp³-hybridized carbons (Fsp3) is 0.444. The molecule has 6 heteroatoms. The van der Waals surface area contributed by atoms with Gasteiger partial charge in [-0.05, 0) is 35.8 Å². The average Bonchev–Trinajstić information content (AvgIpc) is 3.00. The largest absolute Gasteiger partial charge is 0.338 e. The summed E-state index contributed by atoms with van der Waals surface area (Å²) in [5.41, 5.74) is 1.35. The molecule has 2 aromatic rings. The molecule has 0 atom stereocenters. The summed E-state index contributed by atoms with van der Waals surface area (Å²) in [6.45, 7) is 2.14. The first-order chi connectivity index (χ1) is 11.8. The Hall–Kier alpha value is -1.95. The second-order valence-corrected chi connectivity index (χ2v) is 7.17. The molecule has 1 aliphatic rings. The van der Waals surface area contributed by atoms with Crippen LogP contribution in [0.1, 0.15) is 17.8 Å². The lowest BCUT2D eigenvalue weighted by atomic mass is 10.1. The molecule has 1 aromatic heterocycles. The van der Waals surface area contributed by atoms with Crippen molar-refractivity contribution in [2.45, 2.75) is 25.9 Å². The molecule has 0 radical (unpaired) electrons. The van der Waals surface area contributed by atoms with Crippen LogP contribution in [-0.2, 0) is 19.5 Å². The quantitative estimate of drug-likeness (QED) is 0.774. The van der Waals surface area contributed by atoms with Crippen LogP contribution < -0.4 is 10.6 Å². The zero-order valence-corrected chi connectivity index (χ0v) is 14.6. The van der Waals surface area contributed by atoms with Crippen molar-refractivity contribution in [2.24, 2.45) is 5.92 Å². The number of aromatic nitrogens is 2. The molecule has 0 spiro atoms. The fourth-order valence-corrected chi connectivity index (χ4v) is 3.48. The van der Waals surface area contributed by atoms with Crippen molar-refractivity contribution in [1.29, 1.82) is 0 Å². The van der Waals surface area contributed by atoms with Gasteiger partial charge in [0.05, 0.1) is 6.54 Å². The number of imidazole rings is 1. The Morgan fingerprint density at radius 2 is 2.08 bits per heavy atom. The molecule has 2 N–H and O–H groups in total. The summed E-state index contributed by atoms with van der Waals surface area (Å²) in [5.74, 6) is 3.86. The van der Waals surface area contributed by atoms with Gasteiger partial charge in [-0.2, -0.15) is 11.8 Å². The molecule has 0 unspecified atom stereocenters. The van der Waals surface area contributed by atoms with Gasteiger partial charge < -0.3 is 15.2 Å². The van der Waals surface area contributed by atoms with Crippen LogP contribution in [0.15, 0.2) is 42.7 Å². The SMILES string of the molecule is O=C(NCc1nccn1CCCc1ccccc1)NCC1CSC1. The molecule has 0 aliphatic carbocycles. The molecule has 1 fully saturated rings. The van der Waals surface area contributed by atoms with E-state index in [2.05, 4.69) is 44.5 Å². The summed E-state index contributed by atoms with van der Waals surface area (Å²) in [4.78, 5) is 16.2. The molecule has 24 heavy (non-hydrogen) atoms. The van der Waals surface area contributed by atoms with Crippen molar-refractivity contribution in [3.8, 4) is 0 Å². The normalized spacial score (nSPS) is 14.2. The van der Waals surface area contributed by atoms with Gasteiger partial charge in [-0.25, -0.2) is 9.78 Å². The van der Waals surface area contributed by atoms with Gasteiger partial charge in [-0.15, -0.1) is 0 Å². The van der Waals surface area contributed by atoms with Crippen molar-refractivity contribution in [2.75, 3.05) is 18.1 Å². The smallest absolute Gasteiger partial charge is 0.315 e. The highest BCUT2D eigenvalue weighted by Crippen LogP contribution is 2.23. The third kappa shape index (κ3) is 5.03. The Morgan fingerprint density at radius 1 is 1.25 bits per heavy atom. The van der Waals surface area contributed by atoms with Gasteiger partial charge in [0.25, 0.3) is 0 Å². The molecule has 0 saturated carbocycles. The van der Waals surface area contributed by atoms with E-state index in [1.807, 2.05) is 24.0 Å². The molecular weight excluding hydrogens is 320 g/mol. The minimum Gasteiger partial charge on any atom is -0.338 e. The highest BCUT2D eigenvalue weighted by atomic mass is 32.2. The van der Waals surface area contributed by atoms with Gasteiger partial charge in [0, 0.05) is 25.5 Å². The van der Waals surface area contributed by atoms with Crippen molar-refractivity contribution in [1.82, 2.24) is 20.2 Å². The minimum absolute atomic E-state index is 0.106. The number of hydrogen-bond acceptors (Lipinski definition) is 3. The third-order valence-corrected chi connectivity index (χ3v) is 5.59. The van der Waals surface area contributed by atoms with Crippen LogP contribution in [0.5, 0.6) is 0 Å². The van der Waals surface area contributed by atoms with E-state index >= 15 is 0 Å². The Morgan fingerprint density at radius 3 is 2.83 bits per heavy atom. The molecule has 1 saturated heterocycles. The summed E-state index contributed by atoms with van der Waals surface area (Å²) in [6, 6.07) is 10.4. The van der Waals surface area contributed by atoms with Crippen LogP contribution in [0.2, 0.25) is 0 Å². The predicted octanol–water partition coefficient (Wildman–Crippen LogP) is 2.68. The van der Waals surface area contributed by atoms with Gasteiger partial charge in [-0.3, -0.25) is 0 Å². The molecule has 1 aromatic carbocycles. The summed E-state index contributed by atoms with van der Waals surface area (Å²) in [6.07, 6.45) is 5.87. The minimum atomic E-state index is -0.106. The van der Waals surface area contributed by atoms with E-state index in [1.54, 1.807) is 6.20 Å². The Bertz CT molecular complexity index is 639. The maximum atomic E-state index is 11.8. The lowest BCUT2D eigenvalue weighted by Crippen LogP contribution is -2.41. The second kappa shape index (κ2) is 8.78. The van der Waals surface area contributed by atoms with Crippen LogP contribution >= 0.6 is 11.8 Å². The molecule has 0 bridgehead atoms. The first kappa shape index (κ1) is 16.9. The van der Waals surface area contributed by atoms with E-state index in [4.69, 9.17) is 0 Å². The maximum Gasteiger partial charge on any atom is 0.315 e. The topological polar surface area (TPSA) is 59.0 Å². The lowest BCUT2D eigenvalue weighted by molar-refractivity contribution is 0.238. The number of hydrogen-bond donors (Lipinski definition) is 2. The first-order valence-corrected chi connectivity index (χ1v) is 9.60. The fourth-order valence-electron chi connectivity index (χ4n) is 2.67. The summed E-state index contributed by atoms with van der Waals surface area (Å²) >= 11 is 1.93. The van der Waals surface area contributed by atoms with Crippen LogP contribution in [0.3, 0.4) is 0 Å².